The van der Waals surface area contributed by atoms with Gasteiger partial charge in [0.1, 0.15) is 0 Å². The predicted octanol–water partition coefficient (Wildman–Crippen LogP) is 0.593. The lowest BCUT2D eigenvalue weighted by atomic mass is 10.2. The molecule has 0 saturated heterocycles. The van der Waals surface area contributed by atoms with E-state index in [-0.39, 0.29) is 12.5 Å². The number of benzene rings is 1. The van der Waals surface area contributed by atoms with Gasteiger partial charge in [-0.05, 0) is 24.6 Å². The normalized spacial score (nSPS) is 10.8. The predicted molar refractivity (Wildman–Crippen MR) is 71.8 cm³/mol. The van der Waals surface area contributed by atoms with Crippen molar-refractivity contribution in [2.45, 2.75) is 13.5 Å². The Balaban J connectivity index is 2.53. The Morgan fingerprint density at radius 2 is 2.00 bits per heavy atom. The molecular weight excluding hydrogens is 230 g/mol. The zero-order valence-corrected chi connectivity index (χ0v) is 10.8. The summed E-state index contributed by atoms with van der Waals surface area (Å²) in [7, 11) is 0. The number of amides is 1. The minimum absolute atomic E-state index is 0.234. The van der Waals surface area contributed by atoms with E-state index in [0.29, 0.717) is 26.3 Å². The van der Waals surface area contributed by atoms with Crippen LogP contribution < -0.4 is 11.5 Å². The van der Waals surface area contributed by atoms with Crippen LogP contribution in [-0.4, -0.2) is 37.1 Å². The van der Waals surface area contributed by atoms with Crippen molar-refractivity contribution in [2.24, 2.45) is 5.73 Å². The molecule has 0 aliphatic carbocycles. The van der Waals surface area contributed by atoms with Crippen LogP contribution in [0.4, 0.5) is 5.69 Å². The maximum atomic E-state index is 11.0. The van der Waals surface area contributed by atoms with Crippen LogP contribution in [0.5, 0.6) is 0 Å². The fraction of sp³-hybridized carbons (Fsp3) is 0.462. The molecule has 5 nitrogen and oxygen atoms in total. The van der Waals surface area contributed by atoms with Crippen LogP contribution in [0.25, 0.3) is 0 Å². The quantitative estimate of drug-likeness (QED) is 0.523. The van der Waals surface area contributed by atoms with Crippen molar-refractivity contribution in [3.05, 3.63) is 29.8 Å². The molecule has 0 saturated carbocycles. The van der Waals surface area contributed by atoms with Gasteiger partial charge in [0.05, 0.1) is 13.2 Å². The molecule has 0 aliphatic heterocycles. The van der Waals surface area contributed by atoms with E-state index < -0.39 is 0 Å². The highest BCUT2D eigenvalue weighted by atomic mass is 16.5. The number of ether oxygens (including phenoxy) is 1. The zero-order valence-electron chi connectivity index (χ0n) is 10.8. The van der Waals surface area contributed by atoms with Crippen LogP contribution in [0.2, 0.25) is 0 Å². The van der Waals surface area contributed by atoms with E-state index in [1.54, 1.807) is 0 Å². The summed E-state index contributed by atoms with van der Waals surface area (Å²) in [4.78, 5) is 13.0. The maximum Gasteiger partial charge on any atom is 0.231 e. The van der Waals surface area contributed by atoms with E-state index in [1.165, 1.54) is 0 Å². The second-order valence-corrected chi connectivity index (χ2v) is 4.12. The third kappa shape index (κ3) is 5.65. The molecule has 0 aliphatic rings. The molecule has 0 radical (unpaired) electrons. The molecule has 0 bridgehead atoms. The van der Waals surface area contributed by atoms with Gasteiger partial charge in [0.2, 0.25) is 5.91 Å². The van der Waals surface area contributed by atoms with Gasteiger partial charge in [-0.3, -0.25) is 9.69 Å². The van der Waals surface area contributed by atoms with E-state index in [2.05, 4.69) is 0 Å². The van der Waals surface area contributed by atoms with E-state index in [9.17, 15) is 4.79 Å². The Bertz CT molecular complexity index is 365. The first kappa shape index (κ1) is 14.5. The lowest BCUT2D eigenvalue weighted by molar-refractivity contribution is -0.119. The average molecular weight is 251 g/mol. The summed E-state index contributed by atoms with van der Waals surface area (Å²) in [5.41, 5.74) is 12.7. The van der Waals surface area contributed by atoms with Gasteiger partial charge in [-0.2, -0.15) is 0 Å². The number of nitrogens with two attached hydrogens (primary N) is 2. The molecule has 5 heteroatoms. The fourth-order valence-corrected chi connectivity index (χ4v) is 1.65. The third-order valence-electron chi connectivity index (χ3n) is 2.52. The number of carbonyl (C=O) groups excluding carboxylic acids is 1. The number of hydrogen-bond donors (Lipinski definition) is 2. The highest BCUT2D eigenvalue weighted by Crippen LogP contribution is 2.08. The van der Waals surface area contributed by atoms with Crippen LogP contribution in [0.1, 0.15) is 12.5 Å². The first-order chi connectivity index (χ1) is 8.61. The van der Waals surface area contributed by atoms with Crippen LogP contribution >= 0.6 is 0 Å². The summed E-state index contributed by atoms with van der Waals surface area (Å²) in [6.45, 7) is 4.79. The summed E-state index contributed by atoms with van der Waals surface area (Å²) in [6, 6.07) is 7.59. The van der Waals surface area contributed by atoms with E-state index >= 15 is 0 Å². The number of anilines is 1. The first-order valence-corrected chi connectivity index (χ1v) is 6.04. The Kier molecular flexibility index (Phi) is 6.18. The van der Waals surface area contributed by atoms with Crippen molar-refractivity contribution in [3.8, 4) is 0 Å². The first-order valence-electron chi connectivity index (χ1n) is 6.04. The summed E-state index contributed by atoms with van der Waals surface area (Å²) in [5, 5.41) is 0. The lowest BCUT2D eigenvalue weighted by Gasteiger charge is -2.20. The van der Waals surface area contributed by atoms with Gasteiger partial charge in [0.25, 0.3) is 0 Å². The molecule has 18 heavy (non-hydrogen) atoms. The SMILES string of the molecule is CCOCCN(CC(N)=O)Cc1ccc(N)cc1. The minimum Gasteiger partial charge on any atom is -0.399 e. The smallest absolute Gasteiger partial charge is 0.231 e. The average Bonchev–Trinajstić information content (AvgIpc) is 2.31. The van der Waals surface area contributed by atoms with Gasteiger partial charge < -0.3 is 16.2 Å². The summed E-state index contributed by atoms with van der Waals surface area (Å²) < 4.78 is 5.29. The van der Waals surface area contributed by atoms with Crippen LogP contribution in [0.15, 0.2) is 24.3 Å². The Morgan fingerprint density at radius 1 is 1.33 bits per heavy atom. The highest BCUT2D eigenvalue weighted by molar-refractivity contribution is 5.75. The molecule has 0 atom stereocenters. The molecular formula is C13H21N3O2. The molecule has 0 aromatic heterocycles. The van der Waals surface area contributed by atoms with Gasteiger partial charge in [-0.1, -0.05) is 12.1 Å². The highest BCUT2D eigenvalue weighted by Gasteiger charge is 2.08. The second kappa shape index (κ2) is 7.68. The van der Waals surface area contributed by atoms with Crippen molar-refractivity contribution in [1.29, 1.82) is 0 Å². The molecule has 4 N–H and O–H groups in total. The standard InChI is InChI=1S/C13H21N3O2/c1-2-18-8-7-16(10-13(15)17)9-11-3-5-12(14)6-4-11/h3-6H,2,7-10,14H2,1H3,(H2,15,17). The molecule has 100 valence electrons. The number of nitrogen functional groups attached to an aromatic ring is 1. The molecule has 1 aromatic rings. The van der Waals surface area contributed by atoms with E-state index in [1.807, 2.05) is 36.1 Å². The fourth-order valence-electron chi connectivity index (χ4n) is 1.65. The van der Waals surface area contributed by atoms with Gasteiger partial charge in [0.15, 0.2) is 0 Å². The van der Waals surface area contributed by atoms with Crippen LogP contribution in [0.3, 0.4) is 0 Å². The van der Waals surface area contributed by atoms with E-state index in [4.69, 9.17) is 16.2 Å². The van der Waals surface area contributed by atoms with Crippen molar-refractivity contribution in [1.82, 2.24) is 4.90 Å². The third-order valence-corrected chi connectivity index (χ3v) is 2.52. The molecule has 0 spiro atoms. The molecule has 1 aromatic carbocycles. The monoisotopic (exact) mass is 251 g/mol. The zero-order chi connectivity index (χ0) is 13.4. The van der Waals surface area contributed by atoms with Crippen molar-refractivity contribution >= 4 is 11.6 Å². The van der Waals surface area contributed by atoms with Gasteiger partial charge in [-0.25, -0.2) is 0 Å². The summed E-state index contributed by atoms with van der Waals surface area (Å²) in [5.74, 6) is -0.332. The van der Waals surface area contributed by atoms with Crippen molar-refractivity contribution in [2.75, 3.05) is 32.0 Å². The topological polar surface area (TPSA) is 81.6 Å². The number of carbonyl (C=O) groups is 1. The molecule has 1 rings (SSSR count). The minimum atomic E-state index is -0.332. The van der Waals surface area contributed by atoms with Crippen LogP contribution in [-0.2, 0) is 16.1 Å². The Hall–Kier alpha value is -1.59. The maximum absolute atomic E-state index is 11.0. The molecule has 1 amide bonds. The number of primary amides is 1. The van der Waals surface area contributed by atoms with Gasteiger partial charge in [0, 0.05) is 25.4 Å². The molecule has 0 heterocycles. The second-order valence-electron chi connectivity index (χ2n) is 4.12. The summed E-state index contributed by atoms with van der Waals surface area (Å²) in [6.07, 6.45) is 0. The molecule has 0 fully saturated rings. The molecule has 0 unspecified atom stereocenters. The lowest BCUT2D eigenvalue weighted by Crippen LogP contribution is -2.35. The Labute approximate surface area is 108 Å². The Morgan fingerprint density at radius 3 is 2.56 bits per heavy atom. The van der Waals surface area contributed by atoms with E-state index in [0.717, 1.165) is 11.3 Å². The number of nitrogens with zero attached hydrogens (tertiary/aromatic N) is 1. The van der Waals surface area contributed by atoms with Crippen LogP contribution in [0, 0.1) is 0 Å². The van der Waals surface area contributed by atoms with Crippen molar-refractivity contribution < 1.29 is 9.53 Å². The number of rotatable bonds is 8. The van der Waals surface area contributed by atoms with Crippen molar-refractivity contribution in [3.63, 3.8) is 0 Å². The van der Waals surface area contributed by atoms with Gasteiger partial charge >= 0.3 is 0 Å². The summed E-state index contributed by atoms with van der Waals surface area (Å²) >= 11 is 0. The number of hydrogen-bond acceptors (Lipinski definition) is 4. The largest absolute Gasteiger partial charge is 0.399 e. The van der Waals surface area contributed by atoms with Gasteiger partial charge in [-0.15, -0.1) is 0 Å².